The van der Waals surface area contributed by atoms with Crippen LogP contribution in [0.3, 0.4) is 0 Å². The predicted octanol–water partition coefficient (Wildman–Crippen LogP) is 1.53. The summed E-state index contributed by atoms with van der Waals surface area (Å²) in [6.45, 7) is 3.35. The number of aryl methyl sites for hydroxylation is 1. The van der Waals surface area contributed by atoms with Crippen LogP contribution in [0.25, 0.3) is 11.2 Å². The van der Waals surface area contributed by atoms with E-state index in [0.29, 0.717) is 17.7 Å². The lowest BCUT2D eigenvalue weighted by molar-refractivity contribution is -0.222. The number of esters is 1. The van der Waals surface area contributed by atoms with E-state index in [0.717, 1.165) is 0 Å². The van der Waals surface area contributed by atoms with Gasteiger partial charge in [-0.15, -0.1) is 0 Å². The number of halogens is 1. The van der Waals surface area contributed by atoms with Gasteiger partial charge in [0.15, 0.2) is 10.8 Å². The number of anilines is 1. The van der Waals surface area contributed by atoms with Gasteiger partial charge in [0.25, 0.3) is 11.7 Å². The number of carbonyl (C=O) groups excluding carboxylic acids is 1. The molecule has 10 heteroatoms. The Labute approximate surface area is 135 Å². The summed E-state index contributed by atoms with van der Waals surface area (Å²) in [5.41, 5.74) is 6.40. The Morgan fingerprint density at radius 3 is 2.83 bits per heavy atom. The van der Waals surface area contributed by atoms with Crippen molar-refractivity contribution in [3.05, 3.63) is 23.0 Å². The predicted molar refractivity (Wildman–Crippen MR) is 80.3 cm³/mol. The number of imidazole rings is 1. The molecular formula is C13H14ClN5O4. The molecule has 2 aromatic heterocycles. The largest absolute Gasteiger partial charge is 0.481 e. The summed E-state index contributed by atoms with van der Waals surface area (Å²) in [5.74, 6) is -2.24. The lowest BCUT2D eigenvalue weighted by Crippen LogP contribution is -2.37. The van der Waals surface area contributed by atoms with Crippen molar-refractivity contribution in [1.82, 2.24) is 19.5 Å². The van der Waals surface area contributed by atoms with Gasteiger partial charge >= 0.3 is 5.97 Å². The molecule has 0 saturated heterocycles. The van der Waals surface area contributed by atoms with Crippen molar-refractivity contribution in [3.63, 3.8) is 0 Å². The Kier molecular flexibility index (Phi) is 3.52. The Hall–Kier alpha value is -2.55. The van der Waals surface area contributed by atoms with Crippen LogP contribution >= 0.6 is 11.6 Å². The quantitative estimate of drug-likeness (QED) is 0.637. The van der Waals surface area contributed by atoms with Crippen LogP contribution < -0.4 is 5.73 Å². The van der Waals surface area contributed by atoms with Gasteiger partial charge in [-0.2, -0.15) is 9.97 Å². The second-order valence-corrected chi connectivity index (χ2v) is 5.77. The van der Waals surface area contributed by atoms with Crippen LogP contribution in [0.5, 0.6) is 0 Å². The first-order valence-corrected chi connectivity index (χ1v) is 7.13. The number of hydrogen-bond donors (Lipinski definition) is 2. The molecule has 0 bridgehead atoms. The van der Waals surface area contributed by atoms with Crippen molar-refractivity contribution in [2.75, 3.05) is 5.73 Å². The number of nitrogens with zero attached hydrogens (tertiary/aromatic N) is 4. The fraction of sp³-hybridized carbons (Fsp3) is 0.385. The molecule has 122 valence electrons. The van der Waals surface area contributed by atoms with E-state index in [1.54, 1.807) is 4.57 Å². The molecule has 0 aromatic carbocycles. The number of aliphatic hydroxyl groups excluding tert-OH is 1. The molecule has 0 atom stereocenters. The molecule has 2 aromatic rings. The number of hydrogen-bond acceptors (Lipinski definition) is 8. The Morgan fingerprint density at radius 2 is 2.13 bits per heavy atom. The zero-order valence-electron chi connectivity index (χ0n) is 12.4. The van der Waals surface area contributed by atoms with Gasteiger partial charge in [0.1, 0.15) is 11.1 Å². The lowest BCUT2D eigenvalue weighted by Gasteiger charge is -2.30. The Morgan fingerprint density at radius 1 is 1.39 bits per heavy atom. The molecule has 0 unspecified atom stereocenters. The summed E-state index contributed by atoms with van der Waals surface area (Å²) in [4.78, 5) is 23.9. The van der Waals surface area contributed by atoms with Gasteiger partial charge in [0.2, 0.25) is 5.95 Å². The van der Waals surface area contributed by atoms with Gasteiger partial charge in [-0.3, -0.25) is 0 Å². The highest BCUT2D eigenvalue weighted by atomic mass is 35.5. The summed E-state index contributed by atoms with van der Waals surface area (Å²) >= 11 is 6.06. The van der Waals surface area contributed by atoms with Gasteiger partial charge in [-0.1, -0.05) is 11.6 Å². The summed E-state index contributed by atoms with van der Waals surface area (Å²) in [6.07, 6.45) is 1.66. The maximum Gasteiger partial charge on any atom is 0.344 e. The third-order valence-corrected chi connectivity index (χ3v) is 3.50. The number of ether oxygens (including phenoxy) is 2. The van der Waals surface area contributed by atoms with Crippen molar-refractivity contribution < 1.29 is 19.4 Å². The van der Waals surface area contributed by atoms with Crippen LogP contribution in [0.2, 0.25) is 5.15 Å². The maximum atomic E-state index is 11.9. The molecule has 0 aliphatic carbocycles. The van der Waals surface area contributed by atoms with Crippen LogP contribution in [-0.2, 0) is 20.8 Å². The highest BCUT2D eigenvalue weighted by Crippen LogP contribution is 2.28. The van der Waals surface area contributed by atoms with E-state index in [9.17, 15) is 9.90 Å². The molecule has 3 rings (SSSR count). The summed E-state index contributed by atoms with van der Waals surface area (Å²) in [7, 11) is 0. The molecule has 1 aliphatic rings. The molecule has 3 N–H and O–H groups in total. The van der Waals surface area contributed by atoms with E-state index < -0.39 is 17.7 Å². The maximum absolute atomic E-state index is 11.9. The number of nitrogens with two attached hydrogens (primary N) is 1. The monoisotopic (exact) mass is 339 g/mol. The number of aromatic nitrogens is 4. The first-order valence-electron chi connectivity index (χ1n) is 6.75. The molecule has 1 aliphatic heterocycles. The van der Waals surface area contributed by atoms with Gasteiger partial charge in [0, 0.05) is 26.8 Å². The molecule has 0 spiro atoms. The minimum absolute atomic E-state index is 0.0274. The fourth-order valence-electron chi connectivity index (χ4n) is 2.25. The first-order chi connectivity index (χ1) is 10.8. The normalized spacial score (nSPS) is 17.3. The molecule has 9 nitrogen and oxygen atoms in total. The van der Waals surface area contributed by atoms with Crippen LogP contribution in [0.4, 0.5) is 5.95 Å². The smallest absolute Gasteiger partial charge is 0.344 e. The number of rotatable bonds is 3. The van der Waals surface area contributed by atoms with Gasteiger partial charge < -0.3 is 24.9 Å². The van der Waals surface area contributed by atoms with E-state index in [1.807, 2.05) is 0 Å². The van der Waals surface area contributed by atoms with Crippen molar-refractivity contribution in [2.45, 2.75) is 32.6 Å². The average molecular weight is 340 g/mol. The van der Waals surface area contributed by atoms with Crippen molar-refractivity contribution in [3.8, 4) is 0 Å². The minimum atomic E-state index is -1.19. The minimum Gasteiger partial charge on any atom is -0.481 e. The molecule has 23 heavy (non-hydrogen) atoms. The molecular weight excluding hydrogens is 326 g/mol. The zero-order valence-corrected chi connectivity index (χ0v) is 13.2. The second-order valence-electron chi connectivity index (χ2n) is 5.41. The second kappa shape index (κ2) is 5.27. The third-order valence-electron chi connectivity index (χ3n) is 3.24. The van der Waals surface area contributed by atoms with E-state index in [1.165, 1.54) is 20.2 Å². The Bertz CT molecular complexity index is 829. The lowest BCUT2D eigenvalue weighted by atomic mass is 10.1. The van der Waals surface area contributed by atoms with E-state index in [-0.39, 0.29) is 23.1 Å². The topological polar surface area (TPSA) is 125 Å². The number of aliphatic hydroxyl groups is 1. The Balaban J connectivity index is 1.86. The van der Waals surface area contributed by atoms with Crippen LogP contribution in [0.15, 0.2) is 17.8 Å². The number of fused-ring (bicyclic) bond motifs is 1. The summed E-state index contributed by atoms with van der Waals surface area (Å²) in [6, 6.07) is 0. The van der Waals surface area contributed by atoms with Crippen molar-refractivity contribution >= 4 is 34.7 Å². The highest BCUT2D eigenvalue weighted by molar-refractivity contribution is 6.33. The fourth-order valence-corrected chi connectivity index (χ4v) is 2.53. The SMILES string of the molecule is CC1(C)OC(=O)C(CCn2cnc3nc(N)nc(Cl)c32)=C(O)O1. The molecule has 0 radical (unpaired) electrons. The molecule has 3 heterocycles. The van der Waals surface area contributed by atoms with Crippen molar-refractivity contribution in [2.24, 2.45) is 0 Å². The zero-order chi connectivity index (χ0) is 16.8. The molecule has 0 amide bonds. The van der Waals surface area contributed by atoms with E-state index >= 15 is 0 Å². The first kappa shape index (κ1) is 15.3. The average Bonchev–Trinajstić information content (AvgIpc) is 2.79. The van der Waals surface area contributed by atoms with E-state index in [2.05, 4.69) is 15.0 Å². The van der Waals surface area contributed by atoms with Gasteiger partial charge in [-0.25, -0.2) is 9.78 Å². The van der Waals surface area contributed by atoms with Crippen LogP contribution in [-0.4, -0.2) is 36.4 Å². The van der Waals surface area contributed by atoms with Gasteiger partial charge in [0.05, 0.1) is 6.33 Å². The van der Waals surface area contributed by atoms with Gasteiger partial charge in [-0.05, 0) is 0 Å². The highest BCUT2D eigenvalue weighted by Gasteiger charge is 2.35. The number of carbonyl (C=O) groups is 1. The molecule has 0 fully saturated rings. The van der Waals surface area contributed by atoms with Crippen LogP contribution in [0, 0.1) is 0 Å². The summed E-state index contributed by atoms with van der Waals surface area (Å²) < 4.78 is 11.9. The molecule has 0 saturated carbocycles. The third kappa shape index (κ3) is 2.87. The van der Waals surface area contributed by atoms with E-state index in [4.69, 9.17) is 26.8 Å². The van der Waals surface area contributed by atoms with Crippen molar-refractivity contribution in [1.29, 1.82) is 0 Å². The number of nitrogen functional groups attached to an aromatic ring is 1. The summed E-state index contributed by atoms with van der Waals surface area (Å²) in [5, 5.41) is 10.0. The standard InChI is InChI=1S/C13H14ClN5O4/c1-13(2)22-10(20)6(11(21)23-13)3-4-19-5-16-9-7(19)8(14)17-12(15)18-9/h5,20H,3-4H2,1-2H3,(H2,15,17,18). The van der Waals surface area contributed by atoms with Crippen LogP contribution in [0.1, 0.15) is 20.3 Å². The number of cyclic esters (lactones) is 1.